The van der Waals surface area contributed by atoms with Crippen LogP contribution in [0.5, 0.6) is 5.75 Å². The molecule has 1 saturated heterocycles. The number of hydrogen-bond donors (Lipinski definition) is 1. The number of carbonyl (C=O) groups is 1. The van der Waals surface area contributed by atoms with Crippen LogP contribution < -0.4 is 15.0 Å². The zero-order chi connectivity index (χ0) is 17.1. The molecule has 2 aliphatic rings. The van der Waals surface area contributed by atoms with Crippen LogP contribution in [0.1, 0.15) is 30.5 Å². The van der Waals surface area contributed by atoms with E-state index in [1.54, 1.807) is 17.0 Å². The van der Waals surface area contributed by atoms with Crippen molar-refractivity contribution in [2.45, 2.75) is 32.0 Å². The fraction of sp³-hybridized carbons (Fsp3) is 0.278. The van der Waals surface area contributed by atoms with Gasteiger partial charge in [0.2, 0.25) is 0 Å². The second-order valence-electron chi connectivity index (χ2n) is 6.43. The molecular formula is C18H16Cl2N2O2. The number of carbonyl (C=O) groups excluding carboxylic acids is 1. The predicted octanol–water partition coefficient (Wildman–Crippen LogP) is 5.07. The van der Waals surface area contributed by atoms with Crippen LogP contribution in [0.4, 0.5) is 10.5 Å². The fourth-order valence-electron chi connectivity index (χ4n) is 3.46. The average Bonchev–Trinajstić information content (AvgIpc) is 2.51. The number of hydrogen-bond acceptors (Lipinski definition) is 2. The first-order chi connectivity index (χ1) is 11.4. The highest BCUT2D eigenvalue weighted by molar-refractivity contribution is 6.31. The standard InChI is InChI=1S/C18H16Cl2N2O2/c1-10-3-5-12(8-14(10)20)22-17(23)21-15-9-18(22,2)24-16-6-4-11(19)7-13(15)16/h3-8,15H,9H2,1-2H3,(H,21,23). The Morgan fingerprint density at radius 2 is 2.04 bits per heavy atom. The van der Waals surface area contributed by atoms with Crippen molar-refractivity contribution in [1.29, 1.82) is 0 Å². The lowest BCUT2D eigenvalue weighted by Crippen LogP contribution is -2.65. The summed E-state index contributed by atoms with van der Waals surface area (Å²) in [5.74, 6) is 0.737. The zero-order valence-corrected chi connectivity index (χ0v) is 14.8. The molecular weight excluding hydrogens is 347 g/mol. The van der Waals surface area contributed by atoms with E-state index in [0.29, 0.717) is 22.2 Å². The Hall–Kier alpha value is -1.91. The van der Waals surface area contributed by atoms with Crippen LogP contribution in [0.3, 0.4) is 0 Å². The molecule has 1 N–H and O–H groups in total. The van der Waals surface area contributed by atoms with Gasteiger partial charge in [-0.15, -0.1) is 0 Å². The Labute approximate surface area is 150 Å². The van der Waals surface area contributed by atoms with Crippen LogP contribution >= 0.6 is 23.2 Å². The minimum Gasteiger partial charge on any atom is -0.467 e. The second-order valence-corrected chi connectivity index (χ2v) is 7.28. The molecule has 2 atom stereocenters. The highest BCUT2D eigenvalue weighted by atomic mass is 35.5. The van der Waals surface area contributed by atoms with Crippen molar-refractivity contribution in [1.82, 2.24) is 5.32 Å². The molecule has 4 rings (SSSR count). The SMILES string of the molecule is Cc1ccc(N2C(=O)NC3CC2(C)Oc2ccc(Cl)cc23)cc1Cl. The summed E-state index contributed by atoms with van der Waals surface area (Å²) in [5, 5.41) is 4.29. The van der Waals surface area contributed by atoms with E-state index < -0.39 is 5.72 Å². The molecule has 2 unspecified atom stereocenters. The number of urea groups is 1. The van der Waals surface area contributed by atoms with Crippen LogP contribution in [-0.2, 0) is 0 Å². The number of halogens is 2. The van der Waals surface area contributed by atoms with Gasteiger partial charge in [0.15, 0.2) is 5.72 Å². The van der Waals surface area contributed by atoms with Crippen molar-refractivity contribution < 1.29 is 9.53 Å². The van der Waals surface area contributed by atoms with Crippen molar-refractivity contribution in [3.8, 4) is 5.75 Å². The number of benzene rings is 2. The van der Waals surface area contributed by atoms with Gasteiger partial charge in [-0.2, -0.15) is 0 Å². The van der Waals surface area contributed by atoms with Gasteiger partial charge in [0, 0.05) is 22.0 Å². The first-order valence-corrected chi connectivity index (χ1v) is 8.48. The molecule has 2 aromatic rings. The van der Waals surface area contributed by atoms with Gasteiger partial charge in [-0.25, -0.2) is 4.79 Å². The molecule has 0 saturated carbocycles. The molecule has 2 amide bonds. The summed E-state index contributed by atoms with van der Waals surface area (Å²) < 4.78 is 6.22. The fourth-order valence-corrected chi connectivity index (χ4v) is 3.81. The molecule has 124 valence electrons. The van der Waals surface area contributed by atoms with Gasteiger partial charge in [0.1, 0.15) is 5.75 Å². The number of amides is 2. The van der Waals surface area contributed by atoms with Crippen molar-refractivity contribution >= 4 is 34.9 Å². The Balaban J connectivity index is 1.80. The number of ether oxygens (including phenoxy) is 1. The van der Waals surface area contributed by atoms with Gasteiger partial charge in [0.25, 0.3) is 0 Å². The predicted molar refractivity (Wildman–Crippen MR) is 95.0 cm³/mol. The van der Waals surface area contributed by atoms with E-state index in [4.69, 9.17) is 27.9 Å². The zero-order valence-electron chi connectivity index (χ0n) is 13.3. The van der Waals surface area contributed by atoms with Crippen LogP contribution in [0.2, 0.25) is 10.0 Å². The third kappa shape index (κ3) is 2.33. The summed E-state index contributed by atoms with van der Waals surface area (Å²) in [4.78, 5) is 14.4. The number of nitrogens with one attached hydrogen (secondary N) is 1. The number of rotatable bonds is 1. The molecule has 0 aromatic heterocycles. The number of anilines is 1. The monoisotopic (exact) mass is 362 g/mol. The van der Waals surface area contributed by atoms with Crippen LogP contribution in [0.25, 0.3) is 0 Å². The smallest absolute Gasteiger partial charge is 0.325 e. The van der Waals surface area contributed by atoms with Crippen molar-refractivity contribution in [3.63, 3.8) is 0 Å². The first kappa shape index (κ1) is 15.6. The summed E-state index contributed by atoms with van der Waals surface area (Å²) in [6.07, 6.45) is 0.623. The number of fused-ring (bicyclic) bond motifs is 4. The molecule has 2 aliphatic heterocycles. The maximum Gasteiger partial charge on any atom is 0.325 e. The second kappa shape index (κ2) is 5.30. The molecule has 0 radical (unpaired) electrons. The van der Waals surface area contributed by atoms with Crippen molar-refractivity contribution in [2.24, 2.45) is 0 Å². The maximum absolute atomic E-state index is 12.8. The summed E-state index contributed by atoms with van der Waals surface area (Å²) in [5.41, 5.74) is 1.80. The number of aryl methyl sites for hydroxylation is 1. The Morgan fingerprint density at radius 3 is 2.79 bits per heavy atom. The normalized spacial score (nSPS) is 24.9. The van der Waals surface area contributed by atoms with Gasteiger partial charge >= 0.3 is 6.03 Å². The Bertz CT molecular complexity index is 855. The summed E-state index contributed by atoms with van der Waals surface area (Å²) in [7, 11) is 0. The Morgan fingerprint density at radius 1 is 1.25 bits per heavy atom. The topological polar surface area (TPSA) is 41.6 Å². The van der Waals surface area contributed by atoms with Crippen molar-refractivity contribution in [3.05, 3.63) is 57.6 Å². The molecule has 6 heteroatoms. The molecule has 2 bridgehead atoms. The highest BCUT2D eigenvalue weighted by Gasteiger charge is 2.49. The van der Waals surface area contributed by atoms with Gasteiger partial charge < -0.3 is 10.1 Å². The van der Waals surface area contributed by atoms with E-state index in [2.05, 4.69) is 5.32 Å². The van der Waals surface area contributed by atoms with Gasteiger partial charge in [-0.1, -0.05) is 29.3 Å². The van der Waals surface area contributed by atoms with Crippen LogP contribution in [-0.4, -0.2) is 11.8 Å². The number of nitrogens with zero attached hydrogens (tertiary/aromatic N) is 1. The highest BCUT2D eigenvalue weighted by Crippen LogP contribution is 2.46. The van der Waals surface area contributed by atoms with Crippen LogP contribution in [0, 0.1) is 6.92 Å². The average molecular weight is 363 g/mol. The third-order valence-electron chi connectivity index (χ3n) is 4.65. The lowest BCUT2D eigenvalue weighted by Gasteiger charge is -2.50. The summed E-state index contributed by atoms with van der Waals surface area (Å²) in [6.45, 7) is 3.85. The van der Waals surface area contributed by atoms with E-state index >= 15 is 0 Å². The van der Waals surface area contributed by atoms with E-state index in [1.165, 1.54) is 0 Å². The maximum atomic E-state index is 12.8. The molecule has 24 heavy (non-hydrogen) atoms. The minimum absolute atomic E-state index is 0.123. The molecule has 4 nitrogen and oxygen atoms in total. The molecule has 0 aliphatic carbocycles. The summed E-state index contributed by atoms with van der Waals surface area (Å²) >= 11 is 12.3. The van der Waals surface area contributed by atoms with E-state index in [-0.39, 0.29) is 12.1 Å². The molecule has 0 spiro atoms. The lowest BCUT2D eigenvalue weighted by molar-refractivity contribution is 0.0379. The largest absolute Gasteiger partial charge is 0.467 e. The van der Waals surface area contributed by atoms with Gasteiger partial charge in [-0.3, -0.25) is 4.90 Å². The van der Waals surface area contributed by atoms with Crippen LogP contribution in [0.15, 0.2) is 36.4 Å². The van der Waals surface area contributed by atoms with E-state index in [9.17, 15) is 4.79 Å². The van der Waals surface area contributed by atoms with E-state index in [1.807, 2.05) is 38.1 Å². The lowest BCUT2D eigenvalue weighted by atomic mass is 9.90. The third-order valence-corrected chi connectivity index (χ3v) is 5.29. The van der Waals surface area contributed by atoms with Gasteiger partial charge in [0.05, 0.1) is 11.7 Å². The molecule has 2 aromatic carbocycles. The minimum atomic E-state index is -0.785. The van der Waals surface area contributed by atoms with Gasteiger partial charge in [-0.05, 0) is 49.7 Å². The molecule has 1 fully saturated rings. The molecule has 2 heterocycles. The summed E-state index contributed by atoms with van der Waals surface area (Å²) in [6, 6.07) is 10.7. The van der Waals surface area contributed by atoms with E-state index in [0.717, 1.165) is 16.9 Å². The quantitative estimate of drug-likeness (QED) is 0.769. The first-order valence-electron chi connectivity index (χ1n) is 7.73. The van der Waals surface area contributed by atoms with Crippen molar-refractivity contribution in [2.75, 3.05) is 4.90 Å². The Kier molecular flexibility index (Phi) is 3.44.